The van der Waals surface area contributed by atoms with Gasteiger partial charge in [0.1, 0.15) is 0 Å². The largest absolute Gasteiger partial charge is 0.251 e. The van der Waals surface area contributed by atoms with Crippen LogP contribution in [0.25, 0.3) is 0 Å². The highest BCUT2D eigenvalue weighted by Gasteiger charge is 2.48. The highest BCUT2D eigenvalue weighted by atomic mass is 19.3. The standard InChI is InChI=1S/C19H23F5/c1-2-3-15-5-4-11-6-12(7-14(11)10-19(15,23)24)13-8-16(20)18(22)17(21)9-13/h8-9,11-12,14-15H,2-7,10H2,1H3. The van der Waals surface area contributed by atoms with E-state index in [0.29, 0.717) is 31.2 Å². The lowest BCUT2D eigenvalue weighted by molar-refractivity contribution is -0.0757. The van der Waals surface area contributed by atoms with Crippen LogP contribution < -0.4 is 0 Å². The minimum Gasteiger partial charge on any atom is -0.207 e. The smallest absolute Gasteiger partial charge is 0.207 e. The summed E-state index contributed by atoms with van der Waals surface area (Å²) in [6.45, 7) is 1.93. The zero-order valence-electron chi connectivity index (χ0n) is 13.8. The molecule has 2 aliphatic rings. The molecule has 0 spiro atoms. The Morgan fingerprint density at radius 2 is 1.62 bits per heavy atom. The second-order valence-electron chi connectivity index (χ2n) is 7.52. The second kappa shape index (κ2) is 6.64. The number of hydrogen-bond acceptors (Lipinski definition) is 0. The minimum absolute atomic E-state index is 0.122. The van der Waals surface area contributed by atoms with Crippen molar-refractivity contribution in [1.29, 1.82) is 0 Å². The Labute approximate surface area is 139 Å². The molecule has 5 heteroatoms. The van der Waals surface area contributed by atoms with Crippen LogP contribution >= 0.6 is 0 Å². The van der Waals surface area contributed by atoms with Gasteiger partial charge in [0.2, 0.25) is 0 Å². The van der Waals surface area contributed by atoms with Gasteiger partial charge in [-0.05, 0) is 67.6 Å². The van der Waals surface area contributed by atoms with Crippen molar-refractivity contribution in [3.05, 3.63) is 35.1 Å². The maximum Gasteiger partial charge on any atom is 0.251 e. The van der Waals surface area contributed by atoms with Crippen molar-refractivity contribution in [3.63, 3.8) is 0 Å². The fourth-order valence-electron chi connectivity index (χ4n) is 4.75. The van der Waals surface area contributed by atoms with Gasteiger partial charge in [-0.3, -0.25) is 0 Å². The molecule has 0 bridgehead atoms. The number of halogens is 5. The fourth-order valence-corrected chi connectivity index (χ4v) is 4.75. The summed E-state index contributed by atoms with van der Waals surface area (Å²) in [6, 6.07) is 2.04. The molecule has 4 atom stereocenters. The van der Waals surface area contributed by atoms with Gasteiger partial charge in [-0.25, -0.2) is 22.0 Å². The lowest BCUT2D eigenvalue weighted by Crippen LogP contribution is -2.29. The molecular weight excluding hydrogens is 323 g/mol. The van der Waals surface area contributed by atoms with E-state index < -0.39 is 29.3 Å². The van der Waals surface area contributed by atoms with Crippen molar-refractivity contribution in [2.75, 3.05) is 0 Å². The molecule has 0 N–H and O–H groups in total. The predicted octanol–water partition coefficient (Wildman–Crippen LogP) is 6.45. The SMILES string of the molecule is CCCC1CCC2CC(c3cc(F)c(F)c(F)c3)CC2CC1(F)F. The summed E-state index contributed by atoms with van der Waals surface area (Å²) in [7, 11) is 0. The topological polar surface area (TPSA) is 0 Å². The molecule has 0 radical (unpaired) electrons. The van der Waals surface area contributed by atoms with Crippen molar-refractivity contribution in [1.82, 2.24) is 0 Å². The summed E-state index contributed by atoms with van der Waals surface area (Å²) >= 11 is 0. The minimum atomic E-state index is -2.66. The van der Waals surface area contributed by atoms with E-state index in [4.69, 9.17) is 0 Å². The molecule has 1 aromatic carbocycles. The third kappa shape index (κ3) is 3.31. The second-order valence-corrected chi connectivity index (χ2v) is 7.52. The Morgan fingerprint density at radius 3 is 2.25 bits per heavy atom. The quantitative estimate of drug-likeness (QED) is 0.436. The van der Waals surface area contributed by atoms with Gasteiger partial charge >= 0.3 is 0 Å². The van der Waals surface area contributed by atoms with E-state index >= 15 is 0 Å². The molecule has 3 rings (SSSR count). The lowest BCUT2D eigenvalue weighted by Gasteiger charge is -2.26. The van der Waals surface area contributed by atoms with E-state index in [1.165, 1.54) is 0 Å². The highest BCUT2D eigenvalue weighted by molar-refractivity contribution is 5.24. The molecule has 2 aliphatic carbocycles. The van der Waals surface area contributed by atoms with Crippen LogP contribution in [0.1, 0.15) is 63.4 Å². The van der Waals surface area contributed by atoms with Gasteiger partial charge in [-0.2, -0.15) is 0 Å². The van der Waals surface area contributed by atoms with Crippen LogP contribution in [0.5, 0.6) is 0 Å². The summed E-state index contributed by atoms with van der Waals surface area (Å²) in [6.07, 6.45) is 3.59. The Kier molecular flexibility index (Phi) is 4.89. The molecule has 0 heterocycles. The molecule has 134 valence electrons. The molecule has 0 amide bonds. The zero-order chi connectivity index (χ0) is 17.5. The molecule has 0 nitrogen and oxygen atoms in total. The van der Waals surface area contributed by atoms with Gasteiger partial charge in [-0.1, -0.05) is 13.3 Å². The van der Waals surface area contributed by atoms with Gasteiger partial charge in [0.15, 0.2) is 17.5 Å². The molecule has 1 aromatic rings. The van der Waals surface area contributed by atoms with Gasteiger partial charge in [0, 0.05) is 12.3 Å². The van der Waals surface area contributed by atoms with Gasteiger partial charge < -0.3 is 0 Å². The summed E-state index contributed by atoms with van der Waals surface area (Å²) in [5.41, 5.74) is 0.396. The maximum absolute atomic E-state index is 14.5. The maximum atomic E-state index is 14.5. The average molecular weight is 346 g/mol. The van der Waals surface area contributed by atoms with Crippen LogP contribution in [0.4, 0.5) is 22.0 Å². The summed E-state index contributed by atoms with van der Waals surface area (Å²) in [5.74, 6) is -7.21. The van der Waals surface area contributed by atoms with E-state index in [1.54, 1.807) is 0 Å². The molecule has 0 saturated heterocycles. The van der Waals surface area contributed by atoms with Gasteiger partial charge in [0.05, 0.1) is 0 Å². The first-order chi connectivity index (χ1) is 11.3. The first kappa shape index (κ1) is 17.7. The van der Waals surface area contributed by atoms with E-state index in [0.717, 1.165) is 25.0 Å². The molecule has 4 unspecified atom stereocenters. The Bertz CT molecular complexity index is 574. The number of fused-ring (bicyclic) bond motifs is 1. The Balaban J connectivity index is 1.76. The van der Waals surface area contributed by atoms with Gasteiger partial charge in [0.25, 0.3) is 5.92 Å². The van der Waals surface area contributed by atoms with Crippen LogP contribution in [0.2, 0.25) is 0 Å². The zero-order valence-corrected chi connectivity index (χ0v) is 13.8. The van der Waals surface area contributed by atoms with Crippen molar-refractivity contribution in [2.24, 2.45) is 17.8 Å². The molecule has 2 fully saturated rings. The van der Waals surface area contributed by atoms with Crippen molar-refractivity contribution in [3.8, 4) is 0 Å². The van der Waals surface area contributed by atoms with Crippen LogP contribution in [-0.2, 0) is 0 Å². The van der Waals surface area contributed by atoms with Crippen LogP contribution in [-0.4, -0.2) is 5.92 Å². The third-order valence-corrected chi connectivity index (χ3v) is 5.97. The van der Waals surface area contributed by atoms with Crippen LogP contribution in [0.15, 0.2) is 12.1 Å². The van der Waals surface area contributed by atoms with Crippen LogP contribution in [0, 0.1) is 35.2 Å². The molecule has 2 saturated carbocycles. The van der Waals surface area contributed by atoms with Crippen molar-refractivity contribution >= 4 is 0 Å². The van der Waals surface area contributed by atoms with Crippen molar-refractivity contribution < 1.29 is 22.0 Å². The predicted molar refractivity (Wildman–Crippen MR) is 82.5 cm³/mol. The number of benzene rings is 1. The Morgan fingerprint density at radius 1 is 1.00 bits per heavy atom. The highest BCUT2D eigenvalue weighted by Crippen LogP contribution is 2.53. The first-order valence-electron chi connectivity index (χ1n) is 8.84. The third-order valence-electron chi connectivity index (χ3n) is 5.97. The van der Waals surface area contributed by atoms with E-state index in [-0.39, 0.29) is 24.2 Å². The normalized spacial score (nSPS) is 32.4. The summed E-state index contributed by atoms with van der Waals surface area (Å²) in [5, 5.41) is 0. The van der Waals surface area contributed by atoms with E-state index in [2.05, 4.69) is 0 Å². The number of alkyl halides is 2. The van der Waals surface area contributed by atoms with E-state index in [9.17, 15) is 22.0 Å². The monoisotopic (exact) mass is 346 g/mol. The van der Waals surface area contributed by atoms with Crippen molar-refractivity contribution in [2.45, 2.75) is 63.7 Å². The molecule has 0 aliphatic heterocycles. The van der Waals surface area contributed by atoms with E-state index in [1.807, 2.05) is 6.92 Å². The molecule has 0 aromatic heterocycles. The first-order valence-corrected chi connectivity index (χ1v) is 8.84. The number of rotatable bonds is 3. The lowest BCUT2D eigenvalue weighted by atomic mass is 9.88. The Hall–Kier alpha value is -1.13. The fraction of sp³-hybridized carbons (Fsp3) is 0.684. The summed E-state index contributed by atoms with van der Waals surface area (Å²) in [4.78, 5) is 0. The van der Waals surface area contributed by atoms with Gasteiger partial charge in [-0.15, -0.1) is 0 Å². The molecule has 24 heavy (non-hydrogen) atoms. The molecular formula is C19H23F5. The number of hydrogen-bond donors (Lipinski definition) is 0. The van der Waals surface area contributed by atoms with Crippen LogP contribution in [0.3, 0.4) is 0 Å². The average Bonchev–Trinajstić information content (AvgIpc) is 2.85. The summed E-state index contributed by atoms with van der Waals surface area (Å²) < 4.78 is 69.0.